The number of benzene rings is 2. The van der Waals surface area contributed by atoms with Gasteiger partial charge in [-0.2, -0.15) is 0 Å². The molecule has 1 aliphatic rings. The van der Waals surface area contributed by atoms with E-state index in [0.717, 1.165) is 30.6 Å². The molecule has 0 spiro atoms. The molecule has 5 heteroatoms. The van der Waals surface area contributed by atoms with E-state index in [4.69, 9.17) is 9.47 Å². The quantitative estimate of drug-likeness (QED) is 0.828. The van der Waals surface area contributed by atoms with Crippen LogP contribution in [-0.2, 0) is 16.1 Å². The van der Waals surface area contributed by atoms with E-state index in [9.17, 15) is 9.90 Å². The van der Waals surface area contributed by atoms with E-state index in [1.54, 1.807) is 17.0 Å². The molecular formula is C21H25NO4. The van der Waals surface area contributed by atoms with Gasteiger partial charge in [0.15, 0.2) is 6.61 Å². The van der Waals surface area contributed by atoms with Crippen LogP contribution in [0, 0.1) is 6.92 Å². The Hall–Kier alpha value is -2.53. The zero-order valence-corrected chi connectivity index (χ0v) is 15.1. The van der Waals surface area contributed by atoms with Crippen molar-refractivity contribution < 1.29 is 19.4 Å². The third-order valence-corrected chi connectivity index (χ3v) is 4.51. The highest BCUT2D eigenvalue weighted by Crippen LogP contribution is 2.21. The molecule has 1 fully saturated rings. The maximum atomic E-state index is 12.8. The second kappa shape index (κ2) is 8.72. The van der Waals surface area contributed by atoms with Crippen LogP contribution in [-0.4, -0.2) is 41.8 Å². The molecule has 1 aliphatic heterocycles. The van der Waals surface area contributed by atoms with Crippen molar-refractivity contribution in [3.05, 3.63) is 59.7 Å². The maximum absolute atomic E-state index is 12.8. The van der Waals surface area contributed by atoms with Crippen molar-refractivity contribution in [2.24, 2.45) is 0 Å². The molecule has 138 valence electrons. The summed E-state index contributed by atoms with van der Waals surface area (Å²) in [6.45, 7) is 3.52. The number of nitrogens with zero attached hydrogens (tertiary/aromatic N) is 1. The lowest BCUT2D eigenvalue weighted by Gasteiger charge is -2.26. The first kappa shape index (κ1) is 18.3. The van der Waals surface area contributed by atoms with Crippen molar-refractivity contribution in [3.63, 3.8) is 0 Å². The molecule has 2 aromatic rings. The predicted octanol–water partition coefficient (Wildman–Crippen LogP) is 3.29. The van der Waals surface area contributed by atoms with Gasteiger partial charge in [-0.1, -0.05) is 30.3 Å². The number of aromatic hydroxyl groups is 1. The van der Waals surface area contributed by atoms with Crippen LogP contribution in [0.5, 0.6) is 11.5 Å². The minimum absolute atomic E-state index is 0.0379. The predicted molar refractivity (Wildman–Crippen MR) is 99.2 cm³/mol. The first-order chi connectivity index (χ1) is 12.6. The van der Waals surface area contributed by atoms with Crippen molar-refractivity contribution >= 4 is 5.91 Å². The van der Waals surface area contributed by atoms with E-state index in [1.165, 1.54) is 0 Å². The monoisotopic (exact) mass is 355 g/mol. The van der Waals surface area contributed by atoms with Gasteiger partial charge in [0.2, 0.25) is 0 Å². The smallest absolute Gasteiger partial charge is 0.260 e. The lowest BCUT2D eigenvalue weighted by atomic mass is 10.1. The Morgan fingerprint density at radius 2 is 2.12 bits per heavy atom. The van der Waals surface area contributed by atoms with Crippen LogP contribution in [0.25, 0.3) is 0 Å². The fourth-order valence-electron chi connectivity index (χ4n) is 3.08. The van der Waals surface area contributed by atoms with Crippen LogP contribution in [0.3, 0.4) is 0 Å². The summed E-state index contributed by atoms with van der Waals surface area (Å²) in [6.07, 6.45) is 2.01. The van der Waals surface area contributed by atoms with E-state index in [0.29, 0.717) is 18.8 Å². The lowest BCUT2D eigenvalue weighted by Crippen LogP contribution is -2.39. The number of ether oxygens (including phenoxy) is 2. The first-order valence-corrected chi connectivity index (χ1v) is 8.97. The summed E-state index contributed by atoms with van der Waals surface area (Å²) in [6, 6.07) is 14.7. The van der Waals surface area contributed by atoms with Gasteiger partial charge in [0.25, 0.3) is 5.91 Å². The van der Waals surface area contributed by atoms with E-state index >= 15 is 0 Å². The second-order valence-electron chi connectivity index (χ2n) is 6.64. The summed E-state index contributed by atoms with van der Waals surface area (Å²) >= 11 is 0. The molecule has 1 N–H and O–H groups in total. The van der Waals surface area contributed by atoms with Crippen molar-refractivity contribution in [1.82, 2.24) is 4.90 Å². The number of amides is 1. The molecular weight excluding hydrogens is 330 g/mol. The zero-order valence-electron chi connectivity index (χ0n) is 15.1. The van der Waals surface area contributed by atoms with Crippen molar-refractivity contribution in [3.8, 4) is 11.5 Å². The lowest BCUT2D eigenvalue weighted by molar-refractivity contribution is -0.135. The Bertz CT molecular complexity index is 740. The third kappa shape index (κ3) is 4.99. The summed E-state index contributed by atoms with van der Waals surface area (Å²) in [5.41, 5.74) is 1.80. The highest BCUT2D eigenvalue weighted by molar-refractivity contribution is 5.78. The van der Waals surface area contributed by atoms with Gasteiger partial charge in [0, 0.05) is 25.3 Å². The highest BCUT2D eigenvalue weighted by Gasteiger charge is 2.23. The maximum Gasteiger partial charge on any atom is 0.260 e. The van der Waals surface area contributed by atoms with Crippen molar-refractivity contribution in [1.29, 1.82) is 0 Å². The Morgan fingerprint density at radius 1 is 1.27 bits per heavy atom. The standard InChI is InChI=1S/C21H25NO4/c1-16-6-4-8-18(12-16)26-15-21(24)22(14-19-9-5-11-25-19)13-17-7-2-3-10-20(17)23/h2-4,6-8,10,12,19,23H,5,9,11,13-15H2,1H3. The molecule has 0 radical (unpaired) electrons. The van der Waals surface area contributed by atoms with Crippen LogP contribution >= 0.6 is 0 Å². The molecule has 1 amide bonds. The summed E-state index contributed by atoms with van der Waals surface area (Å²) in [7, 11) is 0. The molecule has 1 unspecified atom stereocenters. The second-order valence-corrected chi connectivity index (χ2v) is 6.64. The molecule has 5 nitrogen and oxygen atoms in total. The van der Waals surface area contributed by atoms with Crippen molar-refractivity contribution in [2.75, 3.05) is 19.8 Å². The van der Waals surface area contributed by atoms with Gasteiger partial charge >= 0.3 is 0 Å². The molecule has 1 saturated heterocycles. The number of phenols is 1. The van der Waals surface area contributed by atoms with E-state index < -0.39 is 0 Å². The molecule has 0 aliphatic carbocycles. The molecule has 0 bridgehead atoms. The summed E-state index contributed by atoms with van der Waals surface area (Å²) in [5, 5.41) is 10.0. The molecule has 26 heavy (non-hydrogen) atoms. The van der Waals surface area contributed by atoms with Crippen LogP contribution < -0.4 is 4.74 Å². The average Bonchev–Trinajstić information content (AvgIpc) is 3.14. The van der Waals surface area contributed by atoms with Crippen LogP contribution in [0.2, 0.25) is 0 Å². The van der Waals surface area contributed by atoms with Crippen molar-refractivity contribution in [2.45, 2.75) is 32.4 Å². The van der Waals surface area contributed by atoms with Crippen LogP contribution in [0.15, 0.2) is 48.5 Å². The minimum Gasteiger partial charge on any atom is -0.508 e. The number of para-hydroxylation sites is 1. The SMILES string of the molecule is Cc1cccc(OCC(=O)N(Cc2ccccc2O)CC2CCCO2)c1. The van der Waals surface area contributed by atoms with Gasteiger partial charge < -0.3 is 19.5 Å². The molecule has 3 rings (SSSR count). The summed E-state index contributed by atoms with van der Waals surface area (Å²) in [4.78, 5) is 14.5. The number of rotatable bonds is 7. The summed E-state index contributed by atoms with van der Waals surface area (Å²) < 4.78 is 11.4. The molecule has 2 aromatic carbocycles. The molecule has 1 heterocycles. The molecule has 0 saturated carbocycles. The normalized spacial score (nSPS) is 16.4. The van der Waals surface area contributed by atoms with Crippen LogP contribution in [0.1, 0.15) is 24.0 Å². The van der Waals surface area contributed by atoms with Crippen LogP contribution in [0.4, 0.5) is 0 Å². The number of hydrogen-bond acceptors (Lipinski definition) is 4. The molecule has 0 aromatic heterocycles. The van der Waals surface area contributed by atoms with E-state index in [-0.39, 0.29) is 24.4 Å². The topological polar surface area (TPSA) is 59.0 Å². The van der Waals surface area contributed by atoms with Gasteiger partial charge in [-0.15, -0.1) is 0 Å². The highest BCUT2D eigenvalue weighted by atomic mass is 16.5. The average molecular weight is 355 g/mol. The summed E-state index contributed by atoms with van der Waals surface area (Å²) in [5.74, 6) is 0.750. The third-order valence-electron chi connectivity index (χ3n) is 4.51. The number of aryl methyl sites for hydroxylation is 1. The number of hydrogen-bond donors (Lipinski definition) is 1. The van der Waals surface area contributed by atoms with Gasteiger partial charge in [0.05, 0.1) is 6.10 Å². The molecule has 1 atom stereocenters. The van der Waals surface area contributed by atoms with E-state index in [1.807, 2.05) is 43.3 Å². The van der Waals surface area contributed by atoms with Gasteiger partial charge in [0.1, 0.15) is 11.5 Å². The fraction of sp³-hybridized carbons (Fsp3) is 0.381. The Morgan fingerprint density at radius 3 is 2.85 bits per heavy atom. The number of phenolic OH excluding ortho intramolecular Hbond substituents is 1. The minimum atomic E-state index is -0.120. The largest absolute Gasteiger partial charge is 0.508 e. The van der Waals surface area contributed by atoms with Gasteiger partial charge in [-0.25, -0.2) is 0 Å². The fourth-order valence-corrected chi connectivity index (χ4v) is 3.08. The van der Waals surface area contributed by atoms with E-state index in [2.05, 4.69) is 0 Å². The van der Waals surface area contributed by atoms with Gasteiger partial charge in [-0.05, 0) is 43.5 Å². The number of carbonyl (C=O) groups is 1. The van der Waals surface area contributed by atoms with Gasteiger partial charge in [-0.3, -0.25) is 4.79 Å². The Labute approximate surface area is 154 Å². The first-order valence-electron chi connectivity index (χ1n) is 8.97. The Kier molecular flexibility index (Phi) is 6.12. The number of carbonyl (C=O) groups excluding carboxylic acids is 1. The zero-order chi connectivity index (χ0) is 18.4. The Balaban J connectivity index is 1.66.